The zero-order valence-electron chi connectivity index (χ0n) is 43.2. The average molecular weight is 926 g/mol. The molecule has 0 heterocycles. The highest BCUT2D eigenvalue weighted by atomic mass is 28.5. The number of hydrogen-bond acceptors (Lipinski definition) is 10. The summed E-state index contributed by atoms with van der Waals surface area (Å²) in [6.45, 7) is 38.7. The predicted molar refractivity (Wildman–Crippen MR) is 260 cm³/mol. The molecule has 0 amide bonds. The van der Waals surface area contributed by atoms with Crippen LogP contribution < -0.4 is 0 Å². The third-order valence-corrected chi connectivity index (χ3v) is 21.9. The van der Waals surface area contributed by atoms with Gasteiger partial charge in [-0.3, -0.25) is 0 Å². The summed E-state index contributed by atoms with van der Waals surface area (Å²) in [6, 6.07) is 0. The highest BCUT2D eigenvalue weighted by Gasteiger charge is 2.67. The molecule has 0 saturated carbocycles. The normalized spacial score (nSPS) is 13.4. The lowest BCUT2D eigenvalue weighted by Gasteiger charge is -2.41. The fraction of sp³-hybridized carbons (Fsp3) is 1.00. The van der Waals surface area contributed by atoms with Crippen molar-refractivity contribution in [3.63, 3.8) is 0 Å². The van der Waals surface area contributed by atoms with Crippen molar-refractivity contribution in [1.29, 1.82) is 0 Å². The molecule has 0 aliphatic carbocycles. The number of hydrogen-bond donors (Lipinski definition) is 0. The second kappa shape index (κ2) is 36.4. The van der Waals surface area contributed by atoms with Crippen LogP contribution in [0.15, 0.2) is 0 Å². The molecule has 0 bridgehead atoms. The van der Waals surface area contributed by atoms with Crippen LogP contribution in [0.2, 0.25) is 0 Å². The van der Waals surface area contributed by atoms with Crippen molar-refractivity contribution in [1.82, 2.24) is 0 Å². The van der Waals surface area contributed by atoms with E-state index in [0.29, 0.717) is 88.4 Å². The van der Waals surface area contributed by atoms with Gasteiger partial charge in [-0.25, -0.2) is 0 Å². The maximum absolute atomic E-state index is 7.60. The lowest BCUT2D eigenvalue weighted by molar-refractivity contribution is -0.0988. The van der Waals surface area contributed by atoms with E-state index in [1.165, 1.54) is 0 Å². The molecule has 0 radical (unpaired) electrons. The molecule has 0 atom stereocenters. The van der Waals surface area contributed by atoms with Gasteiger partial charge in [0.1, 0.15) is 0 Å². The fourth-order valence-corrected chi connectivity index (χ4v) is 16.3. The predicted octanol–water partition coefficient (Wildman–Crippen LogP) is 13.9. The summed E-state index contributed by atoms with van der Waals surface area (Å²) in [5, 5.41) is 0. The molecule has 0 fully saturated rings. The second-order valence-electron chi connectivity index (χ2n) is 17.7. The van der Waals surface area contributed by atoms with Gasteiger partial charge in [0.25, 0.3) is 0 Å². The summed E-state index contributed by atoms with van der Waals surface area (Å²) in [7, 11) is -12.7. The summed E-state index contributed by atoms with van der Waals surface area (Å²) in [4.78, 5) is 0. The van der Waals surface area contributed by atoms with Gasteiger partial charge in [-0.05, 0) is 47.3 Å². The van der Waals surface area contributed by atoms with E-state index >= 15 is 0 Å². The Kier molecular flexibility index (Phi) is 36.5. The van der Waals surface area contributed by atoms with Gasteiger partial charge in [0.05, 0.1) is 0 Å². The van der Waals surface area contributed by atoms with Crippen LogP contribution in [-0.2, 0) is 43.6 Å². The zero-order chi connectivity index (χ0) is 46.2. The summed E-state index contributed by atoms with van der Waals surface area (Å²) < 4.78 is 72.3. The Morgan fingerprint density at radius 2 is 0.311 bits per heavy atom. The minimum absolute atomic E-state index is 0.242. The van der Waals surface area contributed by atoms with E-state index in [0.717, 1.165) is 103 Å². The smallest absolute Gasteiger partial charge is 0.352 e. The van der Waals surface area contributed by atoms with Crippen molar-refractivity contribution in [3.8, 4) is 0 Å². The van der Waals surface area contributed by atoms with Crippen molar-refractivity contribution in [2.24, 2.45) is 47.3 Å². The van der Waals surface area contributed by atoms with Crippen LogP contribution in [0.3, 0.4) is 0 Å². The minimum Gasteiger partial charge on any atom is -0.352 e. The molecule has 0 aromatic rings. The molecule has 0 N–H and O–H groups in total. The molecular formula is C48H104O10Si3. The molecule has 0 aliphatic rings. The summed E-state index contributed by atoms with van der Waals surface area (Å²) in [5.74, 6) is 2.24. The van der Waals surface area contributed by atoms with Crippen molar-refractivity contribution in [2.75, 3.05) is 52.9 Å². The first-order valence-electron chi connectivity index (χ1n) is 25.9. The van der Waals surface area contributed by atoms with E-state index in [4.69, 9.17) is 43.6 Å². The molecule has 0 rings (SSSR count). The first-order valence-corrected chi connectivity index (χ1v) is 30.8. The molecule has 368 valence electrons. The Hall–Kier alpha value is 0.251. The Balaban J connectivity index is 8.46. The van der Waals surface area contributed by atoms with Gasteiger partial charge in [0.15, 0.2) is 0 Å². The first kappa shape index (κ1) is 61.3. The molecule has 10 nitrogen and oxygen atoms in total. The molecule has 0 aliphatic heterocycles. The third-order valence-electron chi connectivity index (χ3n) is 13.7. The summed E-state index contributed by atoms with van der Waals surface area (Å²) >= 11 is 0. The summed E-state index contributed by atoms with van der Waals surface area (Å²) in [6.07, 6.45) is 15.3. The van der Waals surface area contributed by atoms with Crippen LogP contribution in [0, 0.1) is 47.3 Å². The maximum atomic E-state index is 7.60. The van der Waals surface area contributed by atoms with Crippen LogP contribution in [0.4, 0.5) is 0 Å². The Morgan fingerprint density at radius 1 is 0.197 bits per heavy atom. The van der Waals surface area contributed by atoms with Crippen molar-refractivity contribution in [2.45, 2.75) is 214 Å². The van der Waals surface area contributed by atoms with Gasteiger partial charge < -0.3 is 43.6 Å². The van der Waals surface area contributed by atoms with Crippen LogP contribution in [-0.4, -0.2) is 80.0 Å². The number of rotatable bonds is 44. The van der Waals surface area contributed by atoms with E-state index in [-0.39, 0.29) is 11.8 Å². The monoisotopic (exact) mass is 925 g/mol. The highest BCUT2D eigenvalue weighted by molar-refractivity contribution is 6.74. The Morgan fingerprint density at radius 3 is 0.426 bits per heavy atom. The largest absolute Gasteiger partial charge is 0.673 e. The SMILES string of the molecule is CCC(CC)CO[Si](OCC(CC)CC)(OCC(CC)CC)O[Si](OCC(CC)CC)(OCC(CC)CC)O[Si](OCC(CC)CC)(OCC(CC)CC)OCC(CC)CC. The quantitative estimate of drug-likeness (QED) is 0.0550. The van der Waals surface area contributed by atoms with Crippen LogP contribution in [0.1, 0.15) is 214 Å². The van der Waals surface area contributed by atoms with E-state index in [1.807, 2.05) is 0 Å². The van der Waals surface area contributed by atoms with Gasteiger partial charge in [-0.15, -0.1) is 0 Å². The van der Waals surface area contributed by atoms with Crippen molar-refractivity contribution in [3.05, 3.63) is 0 Å². The lowest BCUT2D eigenvalue weighted by atomic mass is 10.1. The van der Waals surface area contributed by atoms with E-state index in [9.17, 15) is 0 Å². The van der Waals surface area contributed by atoms with Gasteiger partial charge in [-0.2, -0.15) is 0 Å². The van der Waals surface area contributed by atoms with Crippen molar-refractivity contribution < 1.29 is 43.6 Å². The molecule has 61 heavy (non-hydrogen) atoms. The Labute approximate surface area is 383 Å². The molecule has 0 unspecified atom stereocenters. The standard InChI is InChI=1S/C48H104O10Si3/c1-17-41(18-2)33-49-59(50-34-42(19-3)20-4,51-35-43(21-5)22-6)57-61(55-39-47(29-13)30-14,56-40-48(31-15)32-16)58-60(52-36-44(23-7)24-8,53-37-45(25-9)26-10)54-38-46(27-11)28-12/h41-48H,17-40H2,1-16H3. The lowest BCUT2D eigenvalue weighted by Crippen LogP contribution is -2.68. The second-order valence-corrected chi connectivity index (χ2v) is 24.6. The van der Waals surface area contributed by atoms with Gasteiger partial charge in [0, 0.05) is 52.9 Å². The van der Waals surface area contributed by atoms with Gasteiger partial charge in [-0.1, -0.05) is 214 Å². The van der Waals surface area contributed by atoms with Crippen LogP contribution in [0.25, 0.3) is 0 Å². The maximum Gasteiger partial charge on any atom is 0.673 e. The van der Waals surface area contributed by atoms with E-state index in [2.05, 4.69) is 111 Å². The first-order chi connectivity index (χ1) is 29.4. The molecule has 0 spiro atoms. The van der Waals surface area contributed by atoms with E-state index in [1.54, 1.807) is 0 Å². The third kappa shape index (κ3) is 24.0. The van der Waals surface area contributed by atoms with Gasteiger partial charge >= 0.3 is 27.1 Å². The Bertz CT molecular complexity index is 810. The highest BCUT2D eigenvalue weighted by Crippen LogP contribution is 2.33. The van der Waals surface area contributed by atoms with Crippen LogP contribution >= 0.6 is 0 Å². The average Bonchev–Trinajstić information content (AvgIpc) is 3.29. The molecule has 0 saturated heterocycles. The molecule has 0 aromatic heterocycles. The fourth-order valence-electron chi connectivity index (χ4n) is 6.87. The molecular weight excluding hydrogens is 821 g/mol. The minimum atomic E-state index is -4.44. The molecule has 0 aromatic carbocycles. The van der Waals surface area contributed by atoms with Crippen molar-refractivity contribution >= 4 is 27.1 Å². The molecule has 13 heteroatoms. The topological polar surface area (TPSA) is 92.3 Å². The van der Waals surface area contributed by atoms with Crippen LogP contribution in [0.5, 0.6) is 0 Å². The van der Waals surface area contributed by atoms with E-state index < -0.39 is 27.1 Å². The summed E-state index contributed by atoms with van der Waals surface area (Å²) in [5.41, 5.74) is 0. The van der Waals surface area contributed by atoms with Gasteiger partial charge in [0.2, 0.25) is 0 Å². The zero-order valence-corrected chi connectivity index (χ0v) is 46.2.